The van der Waals surface area contributed by atoms with Crippen LogP contribution < -0.4 is 14.8 Å². The molecule has 5 nitrogen and oxygen atoms in total. The van der Waals surface area contributed by atoms with Gasteiger partial charge in [-0.15, -0.1) is 0 Å². The van der Waals surface area contributed by atoms with Crippen LogP contribution >= 0.6 is 0 Å². The van der Waals surface area contributed by atoms with Gasteiger partial charge in [-0.1, -0.05) is 25.1 Å². The lowest BCUT2D eigenvalue weighted by Crippen LogP contribution is -2.06. The molecule has 5 heteroatoms. The van der Waals surface area contributed by atoms with Crippen LogP contribution in [0.3, 0.4) is 0 Å². The zero-order chi connectivity index (χ0) is 17.6. The van der Waals surface area contributed by atoms with E-state index in [1.807, 2.05) is 42.5 Å². The van der Waals surface area contributed by atoms with Crippen molar-refractivity contribution in [3.63, 3.8) is 0 Å². The van der Waals surface area contributed by atoms with E-state index in [1.165, 1.54) is 0 Å². The number of aryl methyl sites for hydroxylation is 1. The van der Waals surface area contributed by atoms with Crippen molar-refractivity contribution < 1.29 is 9.47 Å². The van der Waals surface area contributed by atoms with Crippen molar-refractivity contribution in [2.24, 2.45) is 0 Å². The van der Waals surface area contributed by atoms with Gasteiger partial charge in [-0.25, -0.2) is 9.97 Å². The lowest BCUT2D eigenvalue weighted by molar-refractivity contribution is 0.354. The number of para-hydroxylation sites is 1. The molecule has 1 heterocycles. The molecular formula is C20H23N3O2. The van der Waals surface area contributed by atoms with E-state index in [1.54, 1.807) is 14.2 Å². The highest BCUT2D eigenvalue weighted by Gasteiger charge is 2.08. The molecule has 3 aromatic rings. The number of benzene rings is 2. The molecule has 0 aliphatic carbocycles. The number of hydrogen-bond donors (Lipinski definition) is 1. The van der Waals surface area contributed by atoms with E-state index in [0.29, 0.717) is 6.54 Å². The molecule has 0 aliphatic heterocycles. The summed E-state index contributed by atoms with van der Waals surface area (Å²) in [6.45, 7) is 2.78. The van der Waals surface area contributed by atoms with Gasteiger partial charge in [0.05, 0.1) is 19.7 Å². The summed E-state index contributed by atoms with van der Waals surface area (Å²) in [5.41, 5.74) is 2.06. The van der Waals surface area contributed by atoms with E-state index in [4.69, 9.17) is 14.5 Å². The van der Waals surface area contributed by atoms with Gasteiger partial charge < -0.3 is 14.8 Å². The van der Waals surface area contributed by atoms with E-state index in [-0.39, 0.29) is 0 Å². The smallest absolute Gasteiger partial charge is 0.161 e. The molecule has 0 fully saturated rings. The number of nitrogens with zero attached hydrogens (tertiary/aromatic N) is 2. The molecule has 0 unspecified atom stereocenters. The van der Waals surface area contributed by atoms with Crippen molar-refractivity contribution >= 4 is 16.7 Å². The lowest BCUT2D eigenvalue weighted by atomic mass is 10.2. The molecule has 0 atom stereocenters. The first kappa shape index (κ1) is 17.0. The first-order valence-electron chi connectivity index (χ1n) is 8.45. The van der Waals surface area contributed by atoms with Gasteiger partial charge in [-0.2, -0.15) is 0 Å². The zero-order valence-electron chi connectivity index (χ0n) is 14.9. The second-order valence-corrected chi connectivity index (χ2v) is 5.80. The highest BCUT2D eigenvalue weighted by molar-refractivity contribution is 5.88. The van der Waals surface area contributed by atoms with Gasteiger partial charge in [0.1, 0.15) is 11.6 Å². The maximum Gasteiger partial charge on any atom is 0.161 e. The molecule has 130 valence electrons. The van der Waals surface area contributed by atoms with Crippen LogP contribution in [0.15, 0.2) is 42.5 Å². The SMILES string of the molecule is CCCc1nc(NCc2ccc(OC)c(OC)c2)c2ccccc2n1. The number of methoxy groups -OCH3 is 2. The van der Waals surface area contributed by atoms with Gasteiger partial charge in [0, 0.05) is 18.4 Å². The van der Waals surface area contributed by atoms with Crippen molar-refractivity contribution in [2.45, 2.75) is 26.3 Å². The van der Waals surface area contributed by atoms with Crippen molar-refractivity contribution in [3.05, 3.63) is 53.9 Å². The minimum Gasteiger partial charge on any atom is -0.493 e. The normalized spacial score (nSPS) is 10.7. The third kappa shape index (κ3) is 3.82. The molecule has 0 bridgehead atoms. The van der Waals surface area contributed by atoms with Gasteiger partial charge in [0.2, 0.25) is 0 Å². The molecule has 2 aromatic carbocycles. The predicted octanol–water partition coefficient (Wildman–Crippen LogP) is 4.21. The van der Waals surface area contributed by atoms with Gasteiger partial charge in [-0.3, -0.25) is 0 Å². The Kier molecular flexibility index (Phi) is 5.33. The van der Waals surface area contributed by atoms with E-state index >= 15 is 0 Å². The summed E-state index contributed by atoms with van der Waals surface area (Å²) in [5.74, 6) is 3.19. The Balaban J connectivity index is 1.87. The minimum absolute atomic E-state index is 0.646. The Labute approximate surface area is 148 Å². The van der Waals surface area contributed by atoms with Gasteiger partial charge in [0.15, 0.2) is 11.5 Å². The van der Waals surface area contributed by atoms with Crippen LogP contribution in [-0.4, -0.2) is 24.2 Å². The average molecular weight is 337 g/mol. The third-order valence-corrected chi connectivity index (χ3v) is 4.03. The highest BCUT2D eigenvalue weighted by Crippen LogP contribution is 2.28. The molecule has 1 N–H and O–H groups in total. The van der Waals surface area contributed by atoms with Crippen LogP contribution in [0.1, 0.15) is 24.7 Å². The molecule has 0 spiro atoms. The summed E-state index contributed by atoms with van der Waals surface area (Å²) < 4.78 is 10.7. The Bertz CT molecular complexity index is 865. The van der Waals surface area contributed by atoms with Crippen LogP contribution in [0.25, 0.3) is 10.9 Å². The van der Waals surface area contributed by atoms with Crippen molar-refractivity contribution in [3.8, 4) is 11.5 Å². The summed E-state index contributed by atoms with van der Waals surface area (Å²) >= 11 is 0. The standard InChI is InChI=1S/C20H23N3O2/c1-4-7-19-22-16-9-6-5-8-15(16)20(23-19)21-13-14-10-11-17(24-2)18(12-14)25-3/h5-6,8-12H,4,7,13H2,1-3H3,(H,21,22,23). The second-order valence-electron chi connectivity index (χ2n) is 5.80. The predicted molar refractivity (Wildman–Crippen MR) is 100 cm³/mol. The maximum atomic E-state index is 5.37. The molecule has 0 saturated heterocycles. The summed E-state index contributed by atoms with van der Waals surface area (Å²) in [6, 6.07) is 14.0. The monoisotopic (exact) mass is 337 g/mol. The summed E-state index contributed by atoms with van der Waals surface area (Å²) in [7, 11) is 3.28. The van der Waals surface area contributed by atoms with Crippen LogP contribution in [0.4, 0.5) is 5.82 Å². The third-order valence-electron chi connectivity index (χ3n) is 4.03. The quantitative estimate of drug-likeness (QED) is 0.700. The lowest BCUT2D eigenvalue weighted by Gasteiger charge is -2.12. The van der Waals surface area contributed by atoms with Crippen LogP contribution in [0.2, 0.25) is 0 Å². The van der Waals surface area contributed by atoms with Gasteiger partial charge >= 0.3 is 0 Å². The second kappa shape index (κ2) is 7.83. The van der Waals surface area contributed by atoms with E-state index in [2.05, 4.69) is 17.2 Å². The Morgan fingerprint density at radius 3 is 2.52 bits per heavy atom. The largest absolute Gasteiger partial charge is 0.493 e. The molecule has 0 saturated carbocycles. The molecular weight excluding hydrogens is 314 g/mol. The van der Waals surface area contributed by atoms with Crippen LogP contribution in [0.5, 0.6) is 11.5 Å². The average Bonchev–Trinajstić information content (AvgIpc) is 2.66. The Morgan fingerprint density at radius 1 is 0.960 bits per heavy atom. The summed E-state index contributed by atoms with van der Waals surface area (Å²) in [6.07, 6.45) is 1.89. The van der Waals surface area contributed by atoms with Gasteiger partial charge in [0.25, 0.3) is 0 Å². The summed E-state index contributed by atoms with van der Waals surface area (Å²) in [5, 5.41) is 4.47. The van der Waals surface area contributed by atoms with Gasteiger partial charge in [-0.05, 0) is 36.2 Å². The first-order chi connectivity index (χ1) is 12.2. The maximum absolute atomic E-state index is 5.37. The topological polar surface area (TPSA) is 56.3 Å². The molecule has 3 rings (SSSR count). The van der Waals surface area contributed by atoms with Crippen molar-refractivity contribution in [2.75, 3.05) is 19.5 Å². The number of anilines is 1. The summed E-state index contributed by atoms with van der Waals surface area (Å²) in [4.78, 5) is 9.35. The number of fused-ring (bicyclic) bond motifs is 1. The van der Waals surface area contributed by atoms with E-state index < -0.39 is 0 Å². The van der Waals surface area contributed by atoms with Crippen molar-refractivity contribution in [1.29, 1.82) is 0 Å². The van der Waals surface area contributed by atoms with Crippen molar-refractivity contribution in [1.82, 2.24) is 9.97 Å². The molecule has 0 amide bonds. The molecule has 1 aromatic heterocycles. The molecule has 0 aliphatic rings. The molecule has 25 heavy (non-hydrogen) atoms. The first-order valence-corrected chi connectivity index (χ1v) is 8.45. The van der Waals surface area contributed by atoms with E-state index in [9.17, 15) is 0 Å². The Hall–Kier alpha value is -2.82. The minimum atomic E-state index is 0.646. The Morgan fingerprint density at radius 2 is 1.76 bits per heavy atom. The fourth-order valence-corrected chi connectivity index (χ4v) is 2.77. The zero-order valence-corrected chi connectivity index (χ0v) is 14.9. The van der Waals surface area contributed by atoms with Crippen LogP contribution in [0, 0.1) is 0 Å². The number of rotatable bonds is 7. The number of aromatic nitrogens is 2. The number of hydrogen-bond acceptors (Lipinski definition) is 5. The van der Waals surface area contributed by atoms with E-state index in [0.717, 1.165) is 52.4 Å². The van der Waals surface area contributed by atoms with Crippen LogP contribution in [-0.2, 0) is 13.0 Å². The molecule has 0 radical (unpaired) electrons. The fraction of sp³-hybridized carbons (Fsp3) is 0.300. The highest BCUT2D eigenvalue weighted by atomic mass is 16.5. The number of nitrogens with one attached hydrogen (secondary N) is 1. The number of ether oxygens (including phenoxy) is 2. The fourth-order valence-electron chi connectivity index (χ4n) is 2.77.